The largest absolute Gasteiger partial charge is 0.618 e. The van der Waals surface area contributed by atoms with Gasteiger partial charge in [-0.05, 0) is 25.8 Å². The lowest BCUT2D eigenvalue weighted by Crippen LogP contribution is -1.78. The van der Waals surface area contributed by atoms with E-state index in [0.717, 1.165) is 6.42 Å². The number of rotatable bonds is 1. The van der Waals surface area contributed by atoms with Crippen LogP contribution in [0.3, 0.4) is 0 Å². The molecule has 1 aromatic rings. The molecule has 1 aromatic carbocycles. The molecule has 0 nitrogen and oxygen atoms in total. The molecule has 0 saturated heterocycles. The zero-order valence-electron chi connectivity index (χ0n) is 7.19. The zero-order chi connectivity index (χ0) is 9.40. The summed E-state index contributed by atoms with van der Waals surface area (Å²) in [7, 11) is 9.81. The summed E-state index contributed by atoms with van der Waals surface area (Å²) in [4.78, 5) is 0. The van der Waals surface area contributed by atoms with Gasteiger partial charge in [0.05, 0.1) is 0 Å². The van der Waals surface area contributed by atoms with Crippen LogP contribution in [0.25, 0.3) is 0 Å². The van der Waals surface area contributed by atoms with E-state index >= 15 is 0 Å². The number of hydrogen-bond acceptors (Lipinski definition) is 0. The third kappa shape index (κ3) is 6.12. The highest BCUT2D eigenvalue weighted by atomic mass is 35.6. The van der Waals surface area contributed by atoms with E-state index in [2.05, 4.69) is 38.1 Å². The van der Waals surface area contributed by atoms with Gasteiger partial charge in [0.25, 0.3) is 0 Å². The highest BCUT2D eigenvalue weighted by molar-refractivity contribution is 7.22. The minimum Gasteiger partial charge on any atom is -0.309 e. The molecule has 0 spiro atoms. The summed E-state index contributed by atoms with van der Waals surface area (Å²) in [5, 5.41) is 0. The predicted octanol–water partition coefficient (Wildman–Crippen LogP) is 3.37. The third-order valence-electron chi connectivity index (χ3n) is 1.41. The van der Waals surface area contributed by atoms with Crippen molar-refractivity contribution in [1.82, 2.24) is 0 Å². The second-order valence-corrected chi connectivity index (χ2v) is 4.96. The zero-order valence-corrected chi connectivity index (χ0v) is 10.1. The van der Waals surface area contributed by atoms with Gasteiger partial charge in [0.2, 0.25) is 0 Å². The van der Waals surface area contributed by atoms with Crippen molar-refractivity contribution in [1.29, 1.82) is 0 Å². The van der Waals surface area contributed by atoms with Gasteiger partial charge in [-0.3, -0.25) is 0 Å². The summed E-state index contributed by atoms with van der Waals surface area (Å²) < 4.78 is 0. The van der Waals surface area contributed by atoms with E-state index in [4.69, 9.17) is 18.1 Å². The average molecular weight is 214 g/mol. The molecule has 1 radical (unpaired) electrons. The first-order valence-corrected chi connectivity index (χ1v) is 7.99. The Morgan fingerprint density at radius 1 is 1.25 bits per heavy atom. The lowest BCUT2D eigenvalue weighted by Gasteiger charge is -1.94. The Bertz CT molecular complexity index is 196. The van der Waals surface area contributed by atoms with E-state index in [1.54, 1.807) is 0 Å². The molecule has 63 valence electrons. The number of benzene rings is 1. The molecule has 0 bridgehead atoms. The summed E-state index contributed by atoms with van der Waals surface area (Å²) in [6, 6.07) is 8.45. The maximum atomic E-state index is 4.90. The van der Waals surface area contributed by atoms with Crippen molar-refractivity contribution in [2.45, 2.75) is 13.3 Å². The van der Waals surface area contributed by atoms with E-state index in [0.29, 0.717) is 0 Å². The molecule has 0 aliphatic carbocycles. The minimum atomic E-state index is -0.639. The SMILES string of the molecule is [CH2]Cc1ccc(C)cc1.[Cl][Mg][Cl]. The molecule has 3 heteroatoms. The lowest BCUT2D eigenvalue weighted by molar-refractivity contribution is 1.26. The molecule has 0 aliphatic heterocycles. The summed E-state index contributed by atoms with van der Waals surface area (Å²) in [5.41, 5.74) is 2.62. The van der Waals surface area contributed by atoms with Crippen molar-refractivity contribution >= 4 is 36.3 Å². The molecule has 0 unspecified atom stereocenters. The van der Waals surface area contributed by atoms with Crippen molar-refractivity contribution in [2.24, 2.45) is 0 Å². The van der Waals surface area contributed by atoms with Crippen molar-refractivity contribution in [3.8, 4) is 0 Å². The minimum absolute atomic E-state index is 0.639. The van der Waals surface area contributed by atoms with Crippen LogP contribution < -0.4 is 0 Å². The first kappa shape index (κ1) is 12.6. The molecule has 0 aliphatic rings. The molecular weight excluding hydrogens is 203 g/mol. The van der Waals surface area contributed by atoms with Gasteiger partial charge in [-0.15, -0.1) is 0 Å². The molecule has 0 saturated carbocycles. The molecule has 0 amide bonds. The molecule has 12 heavy (non-hydrogen) atoms. The Hall–Kier alpha value is 0.566. The highest BCUT2D eigenvalue weighted by Crippen LogP contribution is 2.02. The van der Waals surface area contributed by atoms with Crippen LogP contribution in [0.2, 0.25) is 0 Å². The van der Waals surface area contributed by atoms with Gasteiger partial charge in [0.15, 0.2) is 0 Å². The summed E-state index contributed by atoms with van der Waals surface area (Å²) in [5.74, 6) is 0. The predicted molar refractivity (Wildman–Crippen MR) is 57.7 cm³/mol. The average Bonchev–Trinajstić information content (AvgIpc) is 2.07. The maximum Gasteiger partial charge on any atom is 0.618 e. The second-order valence-electron chi connectivity index (χ2n) is 2.34. The second kappa shape index (κ2) is 8.18. The molecule has 0 N–H and O–H groups in total. The topological polar surface area (TPSA) is 0 Å². The molecule has 1 rings (SSSR count). The molecule has 0 fully saturated rings. The smallest absolute Gasteiger partial charge is 0.309 e. The highest BCUT2D eigenvalue weighted by Gasteiger charge is 1.84. The van der Waals surface area contributed by atoms with Crippen molar-refractivity contribution in [2.75, 3.05) is 0 Å². The first-order chi connectivity index (χ1) is 5.74. The fourth-order valence-electron chi connectivity index (χ4n) is 0.755. The Kier molecular flexibility index (Phi) is 8.56. The molecule has 0 heterocycles. The number of hydrogen-bond donors (Lipinski definition) is 0. The lowest BCUT2D eigenvalue weighted by atomic mass is 10.1. The monoisotopic (exact) mass is 213 g/mol. The van der Waals surface area contributed by atoms with E-state index in [1.807, 2.05) is 0 Å². The van der Waals surface area contributed by atoms with Crippen LogP contribution in [-0.2, 0) is 6.42 Å². The van der Waals surface area contributed by atoms with Crippen molar-refractivity contribution < 1.29 is 0 Å². The molecule has 0 atom stereocenters. The third-order valence-corrected chi connectivity index (χ3v) is 1.41. The van der Waals surface area contributed by atoms with Crippen LogP contribution in [-0.4, -0.2) is 18.2 Å². The Morgan fingerprint density at radius 3 is 2.00 bits per heavy atom. The summed E-state index contributed by atoms with van der Waals surface area (Å²) in [6.45, 7) is 5.88. The van der Waals surface area contributed by atoms with Gasteiger partial charge in [0.1, 0.15) is 0 Å². The molecular formula is C9H11Cl2Mg. The van der Waals surface area contributed by atoms with Gasteiger partial charge in [-0.2, -0.15) is 0 Å². The number of aryl methyl sites for hydroxylation is 1. The van der Waals surface area contributed by atoms with Crippen molar-refractivity contribution in [3.63, 3.8) is 0 Å². The number of halogens is 2. The summed E-state index contributed by atoms with van der Waals surface area (Å²) in [6.07, 6.45) is 0.889. The van der Waals surface area contributed by atoms with Crippen LogP contribution in [0.15, 0.2) is 24.3 Å². The van der Waals surface area contributed by atoms with Crippen LogP contribution in [0, 0.1) is 13.8 Å². The van der Waals surface area contributed by atoms with Gasteiger partial charge >= 0.3 is 18.2 Å². The maximum absolute atomic E-state index is 4.90. The standard InChI is InChI=1S/C9H11.2ClH.Mg/c1-3-9-6-4-8(2)5-7-9;;;/h4-7H,1,3H2,2H3;2*1H;/q;;;+2/p-2. The van der Waals surface area contributed by atoms with E-state index < -0.39 is 18.2 Å². The molecule has 0 aromatic heterocycles. The van der Waals surface area contributed by atoms with Gasteiger partial charge in [0, 0.05) is 0 Å². The van der Waals surface area contributed by atoms with Gasteiger partial charge in [-0.1, -0.05) is 29.8 Å². The van der Waals surface area contributed by atoms with Crippen LogP contribution >= 0.6 is 18.1 Å². The fourth-order valence-corrected chi connectivity index (χ4v) is 0.755. The van der Waals surface area contributed by atoms with E-state index in [9.17, 15) is 0 Å². The van der Waals surface area contributed by atoms with Gasteiger partial charge in [-0.25, -0.2) is 0 Å². The van der Waals surface area contributed by atoms with Crippen LogP contribution in [0.5, 0.6) is 0 Å². The Labute approximate surface area is 91.5 Å². The van der Waals surface area contributed by atoms with Crippen LogP contribution in [0.1, 0.15) is 11.1 Å². The quantitative estimate of drug-likeness (QED) is 0.629. The fraction of sp³-hybridized carbons (Fsp3) is 0.222. The van der Waals surface area contributed by atoms with Gasteiger partial charge < -0.3 is 18.1 Å². The van der Waals surface area contributed by atoms with Crippen molar-refractivity contribution in [3.05, 3.63) is 42.3 Å². The van der Waals surface area contributed by atoms with Crippen LogP contribution in [0.4, 0.5) is 0 Å². The normalized spacial score (nSPS) is 8.00. The summed E-state index contributed by atoms with van der Waals surface area (Å²) >= 11 is -0.639. The first-order valence-electron chi connectivity index (χ1n) is 3.71. The van der Waals surface area contributed by atoms with E-state index in [1.165, 1.54) is 11.1 Å². The van der Waals surface area contributed by atoms with E-state index in [-0.39, 0.29) is 0 Å². The Balaban J connectivity index is 0.000000354. The Morgan fingerprint density at radius 2 is 1.67 bits per heavy atom.